The van der Waals surface area contributed by atoms with Crippen molar-refractivity contribution in [3.8, 4) is 0 Å². The van der Waals surface area contributed by atoms with Crippen LogP contribution in [0.25, 0.3) is 0 Å². The molecule has 0 amide bonds. The lowest BCUT2D eigenvalue weighted by atomic mass is 10.2. The number of rotatable bonds is 7. The van der Waals surface area contributed by atoms with Gasteiger partial charge in [-0.1, -0.05) is 6.92 Å². The summed E-state index contributed by atoms with van der Waals surface area (Å²) in [5, 5.41) is 6.80. The van der Waals surface area contributed by atoms with Gasteiger partial charge in [-0.15, -0.1) is 11.3 Å². The first-order valence-electron chi connectivity index (χ1n) is 8.64. The van der Waals surface area contributed by atoms with E-state index in [1.165, 1.54) is 9.75 Å². The van der Waals surface area contributed by atoms with E-state index < -0.39 is 0 Å². The average molecular weight is 339 g/mol. The highest BCUT2D eigenvalue weighted by Crippen LogP contribution is 2.17. The number of aryl methyl sites for hydroxylation is 1. The normalized spacial score (nSPS) is 18.0. The van der Waals surface area contributed by atoms with Crippen LogP contribution in [0.5, 0.6) is 0 Å². The third-order valence-corrected chi connectivity index (χ3v) is 5.25. The molecule has 6 heteroatoms. The summed E-state index contributed by atoms with van der Waals surface area (Å²) in [6.45, 7) is 12.8. The van der Waals surface area contributed by atoms with Crippen LogP contribution < -0.4 is 10.6 Å². The SMILES string of the molecule is CCNC(=NCc1ccc(CC)s1)NCC(C)N1CCOCC1. The van der Waals surface area contributed by atoms with Crippen LogP contribution in [-0.2, 0) is 17.7 Å². The number of nitrogens with one attached hydrogen (secondary N) is 2. The van der Waals surface area contributed by atoms with Crippen LogP contribution in [0.3, 0.4) is 0 Å². The van der Waals surface area contributed by atoms with Crippen LogP contribution in [0.15, 0.2) is 17.1 Å². The maximum absolute atomic E-state index is 5.42. The molecule has 5 nitrogen and oxygen atoms in total. The standard InChI is InChI=1S/C17H30N4OS/c1-4-15-6-7-16(23-15)13-20-17(18-5-2)19-12-14(3)21-8-10-22-11-9-21/h6-7,14H,4-5,8-13H2,1-3H3,(H2,18,19,20). The Labute approximate surface area is 144 Å². The lowest BCUT2D eigenvalue weighted by Crippen LogP contribution is -2.49. The van der Waals surface area contributed by atoms with E-state index in [-0.39, 0.29) is 0 Å². The molecule has 1 unspecified atom stereocenters. The minimum atomic E-state index is 0.483. The molecule has 1 atom stereocenters. The molecule has 2 N–H and O–H groups in total. The minimum absolute atomic E-state index is 0.483. The highest BCUT2D eigenvalue weighted by Gasteiger charge is 2.16. The van der Waals surface area contributed by atoms with E-state index in [0.29, 0.717) is 6.04 Å². The van der Waals surface area contributed by atoms with Crippen molar-refractivity contribution in [3.05, 3.63) is 21.9 Å². The van der Waals surface area contributed by atoms with E-state index in [1.807, 2.05) is 11.3 Å². The van der Waals surface area contributed by atoms with E-state index in [0.717, 1.165) is 58.3 Å². The summed E-state index contributed by atoms with van der Waals surface area (Å²) >= 11 is 1.86. The minimum Gasteiger partial charge on any atom is -0.379 e. The Morgan fingerprint density at radius 3 is 2.65 bits per heavy atom. The van der Waals surface area contributed by atoms with Gasteiger partial charge in [0.05, 0.1) is 19.8 Å². The van der Waals surface area contributed by atoms with Crippen LogP contribution in [0.4, 0.5) is 0 Å². The molecule has 1 aliphatic rings. The monoisotopic (exact) mass is 338 g/mol. The van der Waals surface area contributed by atoms with Crippen molar-refractivity contribution in [2.24, 2.45) is 4.99 Å². The first-order valence-corrected chi connectivity index (χ1v) is 9.46. The quantitative estimate of drug-likeness (QED) is 0.590. The molecular formula is C17H30N4OS. The molecule has 1 aliphatic heterocycles. The van der Waals surface area contributed by atoms with Crippen LogP contribution in [0.1, 0.15) is 30.5 Å². The summed E-state index contributed by atoms with van der Waals surface area (Å²) in [7, 11) is 0. The molecule has 0 bridgehead atoms. The molecule has 1 aromatic heterocycles. The third-order valence-electron chi connectivity index (χ3n) is 4.04. The van der Waals surface area contributed by atoms with Gasteiger partial charge in [-0.3, -0.25) is 4.90 Å². The fraction of sp³-hybridized carbons (Fsp3) is 0.706. The number of guanidine groups is 1. The first kappa shape index (κ1) is 18.2. The Bertz CT molecular complexity index is 483. The van der Waals surface area contributed by atoms with Crippen molar-refractivity contribution >= 4 is 17.3 Å². The number of morpholine rings is 1. The molecule has 1 fully saturated rings. The molecule has 1 aromatic rings. The molecule has 0 spiro atoms. The van der Waals surface area contributed by atoms with Crippen molar-refractivity contribution in [1.29, 1.82) is 0 Å². The van der Waals surface area contributed by atoms with Gasteiger partial charge in [0.1, 0.15) is 0 Å². The predicted octanol–water partition coefficient (Wildman–Crippen LogP) is 2.09. The summed E-state index contributed by atoms with van der Waals surface area (Å²) in [6.07, 6.45) is 1.10. The second-order valence-electron chi connectivity index (χ2n) is 5.80. The molecule has 0 saturated carbocycles. The number of aliphatic imine (C=N–C) groups is 1. The van der Waals surface area contributed by atoms with Gasteiger partial charge >= 0.3 is 0 Å². The van der Waals surface area contributed by atoms with Crippen LogP contribution in [-0.4, -0.2) is 56.3 Å². The van der Waals surface area contributed by atoms with E-state index in [1.54, 1.807) is 0 Å². The number of ether oxygens (including phenoxy) is 1. The molecule has 2 heterocycles. The molecule has 0 aromatic carbocycles. The zero-order valence-corrected chi connectivity index (χ0v) is 15.4. The Balaban J connectivity index is 1.83. The van der Waals surface area contributed by atoms with Gasteiger partial charge in [0.25, 0.3) is 0 Å². The zero-order valence-electron chi connectivity index (χ0n) is 14.6. The fourth-order valence-electron chi connectivity index (χ4n) is 2.59. The molecule has 23 heavy (non-hydrogen) atoms. The van der Waals surface area contributed by atoms with E-state index in [4.69, 9.17) is 9.73 Å². The van der Waals surface area contributed by atoms with Crippen LogP contribution >= 0.6 is 11.3 Å². The van der Waals surface area contributed by atoms with Gasteiger partial charge in [-0.05, 0) is 32.4 Å². The third kappa shape index (κ3) is 6.12. The molecule has 130 valence electrons. The Morgan fingerprint density at radius 1 is 1.26 bits per heavy atom. The predicted molar refractivity (Wildman–Crippen MR) is 98.4 cm³/mol. The Hall–Kier alpha value is -1.11. The molecular weight excluding hydrogens is 308 g/mol. The molecule has 2 rings (SSSR count). The average Bonchev–Trinajstić information content (AvgIpc) is 3.06. The Kier molecular flexibility index (Phi) is 7.85. The lowest BCUT2D eigenvalue weighted by Gasteiger charge is -2.32. The van der Waals surface area contributed by atoms with E-state index >= 15 is 0 Å². The highest BCUT2D eigenvalue weighted by atomic mass is 32.1. The van der Waals surface area contributed by atoms with Crippen molar-refractivity contribution in [3.63, 3.8) is 0 Å². The van der Waals surface area contributed by atoms with E-state index in [2.05, 4.69) is 48.4 Å². The summed E-state index contributed by atoms with van der Waals surface area (Å²) in [5.41, 5.74) is 0. The summed E-state index contributed by atoms with van der Waals surface area (Å²) in [5.74, 6) is 0.902. The lowest BCUT2D eigenvalue weighted by molar-refractivity contribution is 0.0211. The Morgan fingerprint density at radius 2 is 2.00 bits per heavy atom. The second kappa shape index (κ2) is 9.90. The van der Waals surface area contributed by atoms with Crippen LogP contribution in [0.2, 0.25) is 0 Å². The zero-order chi connectivity index (χ0) is 16.5. The van der Waals surface area contributed by atoms with Crippen molar-refractivity contribution < 1.29 is 4.74 Å². The van der Waals surface area contributed by atoms with Gasteiger partial charge < -0.3 is 15.4 Å². The maximum Gasteiger partial charge on any atom is 0.191 e. The maximum atomic E-state index is 5.42. The highest BCUT2D eigenvalue weighted by molar-refractivity contribution is 7.11. The van der Waals surface area contributed by atoms with E-state index in [9.17, 15) is 0 Å². The van der Waals surface area contributed by atoms with Gasteiger partial charge in [0.15, 0.2) is 5.96 Å². The van der Waals surface area contributed by atoms with Gasteiger partial charge in [0, 0.05) is 42.0 Å². The number of thiophene rings is 1. The van der Waals surface area contributed by atoms with Crippen molar-refractivity contribution in [2.75, 3.05) is 39.4 Å². The molecule has 1 saturated heterocycles. The summed E-state index contributed by atoms with van der Waals surface area (Å²) in [6, 6.07) is 4.87. The number of nitrogens with zero attached hydrogens (tertiary/aromatic N) is 2. The molecule has 0 aliphatic carbocycles. The number of hydrogen-bond donors (Lipinski definition) is 2. The van der Waals surface area contributed by atoms with Gasteiger partial charge in [-0.25, -0.2) is 4.99 Å². The first-order chi connectivity index (χ1) is 11.2. The summed E-state index contributed by atoms with van der Waals surface area (Å²) in [4.78, 5) is 9.92. The van der Waals surface area contributed by atoms with Crippen molar-refractivity contribution in [2.45, 2.75) is 39.8 Å². The second-order valence-corrected chi connectivity index (χ2v) is 7.05. The van der Waals surface area contributed by atoms with Crippen LogP contribution in [0, 0.1) is 0 Å². The summed E-state index contributed by atoms with van der Waals surface area (Å²) < 4.78 is 5.42. The van der Waals surface area contributed by atoms with Gasteiger partial charge in [0.2, 0.25) is 0 Å². The largest absolute Gasteiger partial charge is 0.379 e. The van der Waals surface area contributed by atoms with Gasteiger partial charge in [-0.2, -0.15) is 0 Å². The number of hydrogen-bond acceptors (Lipinski definition) is 4. The molecule has 0 radical (unpaired) electrons. The smallest absolute Gasteiger partial charge is 0.191 e. The topological polar surface area (TPSA) is 48.9 Å². The van der Waals surface area contributed by atoms with Crippen molar-refractivity contribution in [1.82, 2.24) is 15.5 Å². The fourth-order valence-corrected chi connectivity index (χ4v) is 3.47.